The van der Waals surface area contributed by atoms with Crippen LogP contribution in [0.3, 0.4) is 0 Å². The van der Waals surface area contributed by atoms with Crippen molar-refractivity contribution < 1.29 is 14.3 Å². The maximum atomic E-state index is 13.0. The first kappa shape index (κ1) is 15.4. The Morgan fingerprint density at radius 3 is 3.17 bits per heavy atom. The molecule has 8 heteroatoms. The molecule has 1 aromatic heterocycles. The smallest absolute Gasteiger partial charge is 0.257 e. The summed E-state index contributed by atoms with van der Waals surface area (Å²) in [6, 6.07) is 5.05. The summed E-state index contributed by atoms with van der Waals surface area (Å²) >= 11 is 6.05. The topological polar surface area (TPSA) is 69.5 Å². The van der Waals surface area contributed by atoms with Crippen molar-refractivity contribution in [2.45, 2.75) is 25.2 Å². The molecule has 0 N–H and O–H groups in total. The lowest BCUT2D eigenvalue weighted by Crippen LogP contribution is -2.50. The third-order valence-electron chi connectivity index (χ3n) is 4.61. The Labute approximate surface area is 144 Å². The van der Waals surface area contributed by atoms with Gasteiger partial charge in [-0.15, -0.1) is 5.10 Å². The van der Waals surface area contributed by atoms with E-state index in [1.54, 1.807) is 36.4 Å². The molecule has 1 amide bonds. The molecule has 2 aliphatic rings. The minimum absolute atomic E-state index is 0.0147. The van der Waals surface area contributed by atoms with Crippen LogP contribution in [0.1, 0.15) is 28.5 Å². The minimum Gasteiger partial charge on any atom is -0.496 e. The van der Waals surface area contributed by atoms with Gasteiger partial charge in [-0.25, -0.2) is 4.68 Å². The molecule has 1 aromatic carbocycles. The molecular weight excluding hydrogens is 332 g/mol. The SMILES string of the molecule is COc1ccc(Cl)cc1C(=O)N1CCC2OCc3cnnn3C2C1. The third-order valence-corrected chi connectivity index (χ3v) is 4.84. The number of amides is 1. The highest BCUT2D eigenvalue weighted by atomic mass is 35.5. The van der Waals surface area contributed by atoms with E-state index in [9.17, 15) is 4.79 Å². The van der Waals surface area contributed by atoms with E-state index in [0.717, 1.165) is 12.1 Å². The molecule has 1 saturated heterocycles. The van der Waals surface area contributed by atoms with Gasteiger partial charge >= 0.3 is 0 Å². The molecule has 2 aliphatic heterocycles. The van der Waals surface area contributed by atoms with E-state index in [2.05, 4.69) is 10.3 Å². The first-order valence-corrected chi connectivity index (χ1v) is 8.18. The molecule has 2 atom stereocenters. The minimum atomic E-state index is -0.0972. The number of methoxy groups -OCH3 is 1. The second kappa shape index (κ2) is 6.07. The van der Waals surface area contributed by atoms with Crippen LogP contribution >= 0.6 is 11.6 Å². The van der Waals surface area contributed by atoms with E-state index in [1.807, 2.05) is 4.68 Å². The number of rotatable bonds is 2. The van der Waals surface area contributed by atoms with E-state index in [0.29, 0.717) is 36.0 Å². The lowest BCUT2D eigenvalue weighted by Gasteiger charge is -2.41. The van der Waals surface area contributed by atoms with Crippen molar-refractivity contribution in [1.29, 1.82) is 0 Å². The maximum absolute atomic E-state index is 13.0. The summed E-state index contributed by atoms with van der Waals surface area (Å²) in [6.07, 6.45) is 2.53. The van der Waals surface area contributed by atoms with Crippen molar-refractivity contribution in [2.75, 3.05) is 20.2 Å². The van der Waals surface area contributed by atoms with E-state index >= 15 is 0 Å². The molecule has 2 unspecified atom stereocenters. The number of carbonyl (C=O) groups excluding carboxylic acids is 1. The van der Waals surface area contributed by atoms with Gasteiger partial charge in [0, 0.05) is 18.1 Å². The lowest BCUT2D eigenvalue weighted by atomic mass is 9.99. The molecule has 0 spiro atoms. The highest BCUT2D eigenvalue weighted by Gasteiger charge is 2.38. The van der Waals surface area contributed by atoms with Gasteiger partial charge < -0.3 is 14.4 Å². The normalized spacial score (nSPS) is 22.7. The first-order chi connectivity index (χ1) is 11.7. The number of hydrogen-bond donors (Lipinski definition) is 0. The standard InChI is InChI=1S/C16H17ClN4O3/c1-23-14-3-2-10(17)6-12(14)16(22)20-5-4-15-13(8-20)21-11(9-24-15)7-18-19-21/h2-3,6-7,13,15H,4-5,8-9H2,1H3. The quantitative estimate of drug-likeness (QED) is 0.829. The number of fused-ring (bicyclic) bond motifs is 3. The Kier molecular flexibility index (Phi) is 3.90. The molecule has 4 rings (SSSR count). The van der Waals surface area contributed by atoms with E-state index < -0.39 is 0 Å². The lowest BCUT2D eigenvalue weighted by molar-refractivity contribution is -0.0605. The Morgan fingerprint density at radius 2 is 2.33 bits per heavy atom. The van der Waals surface area contributed by atoms with Gasteiger partial charge in [-0.3, -0.25) is 4.79 Å². The fraction of sp³-hybridized carbons (Fsp3) is 0.438. The molecule has 0 bridgehead atoms. The fourth-order valence-electron chi connectivity index (χ4n) is 3.38. The number of carbonyl (C=O) groups is 1. The monoisotopic (exact) mass is 348 g/mol. The number of aromatic nitrogens is 3. The second-order valence-electron chi connectivity index (χ2n) is 5.97. The van der Waals surface area contributed by atoms with Gasteiger partial charge in [0.25, 0.3) is 5.91 Å². The number of halogens is 1. The number of nitrogens with zero attached hydrogens (tertiary/aromatic N) is 4. The Bertz CT molecular complexity index is 778. The number of hydrogen-bond acceptors (Lipinski definition) is 5. The largest absolute Gasteiger partial charge is 0.496 e. The first-order valence-electron chi connectivity index (χ1n) is 7.81. The van der Waals surface area contributed by atoms with Gasteiger partial charge in [0.1, 0.15) is 5.75 Å². The summed E-state index contributed by atoms with van der Waals surface area (Å²) in [5, 5.41) is 8.62. The highest BCUT2D eigenvalue weighted by Crippen LogP contribution is 2.32. The summed E-state index contributed by atoms with van der Waals surface area (Å²) in [7, 11) is 1.54. The van der Waals surface area contributed by atoms with Crippen LogP contribution in [0, 0.1) is 0 Å². The molecule has 0 saturated carbocycles. The Hall–Kier alpha value is -2.12. The molecule has 126 valence electrons. The van der Waals surface area contributed by atoms with Crippen molar-refractivity contribution in [3.8, 4) is 5.75 Å². The van der Waals surface area contributed by atoms with Crippen LogP contribution in [0.15, 0.2) is 24.4 Å². The van der Waals surface area contributed by atoms with Gasteiger partial charge in [0.15, 0.2) is 0 Å². The Morgan fingerprint density at radius 1 is 1.46 bits per heavy atom. The average Bonchev–Trinajstić information content (AvgIpc) is 3.10. The van der Waals surface area contributed by atoms with Crippen molar-refractivity contribution in [2.24, 2.45) is 0 Å². The van der Waals surface area contributed by atoms with Gasteiger partial charge in [0.2, 0.25) is 0 Å². The summed E-state index contributed by atoms with van der Waals surface area (Å²) in [4.78, 5) is 14.8. The van der Waals surface area contributed by atoms with Gasteiger partial charge in [-0.05, 0) is 24.6 Å². The van der Waals surface area contributed by atoms with Crippen LogP contribution in [0.4, 0.5) is 0 Å². The molecule has 1 fully saturated rings. The zero-order chi connectivity index (χ0) is 16.7. The number of piperidine rings is 1. The molecule has 7 nitrogen and oxygen atoms in total. The van der Waals surface area contributed by atoms with Crippen LogP contribution in [0.5, 0.6) is 5.75 Å². The summed E-state index contributed by atoms with van der Waals surface area (Å²) in [6.45, 7) is 1.67. The number of benzene rings is 1. The van der Waals surface area contributed by atoms with Gasteiger partial charge in [0.05, 0.1) is 43.3 Å². The predicted octanol–water partition coefficient (Wildman–Crippen LogP) is 1.93. The predicted molar refractivity (Wildman–Crippen MR) is 86.2 cm³/mol. The van der Waals surface area contributed by atoms with Crippen molar-refractivity contribution in [3.05, 3.63) is 40.7 Å². The van der Waals surface area contributed by atoms with Gasteiger partial charge in [-0.1, -0.05) is 16.8 Å². The van der Waals surface area contributed by atoms with Crippen LogP contribution in [-0.2, 0) is 11.3 Å². The van der Waals surface area contributed by atoms with E-state index in [1.165, 1.54) is 0 Å². The third kappa shape index (κ3) is 2.53. The van der Waals surface area contributed by atoms with Crippen LogP contribution in [0.25, 0.3) is 0 Å². The van der Waals surface area contributed by atoms with E-state index in [-0.39, 0.29) is 18.1 Å². The number of ether oxygens (including phenoxy) is 2. The molecule has 0 aliphatic carbocycles. The fourth-order valence-corrected chi connectivity index (χ4v) is 3.55. The van der Waals surface area contributed by atoms with Gasteiger partial charge in [-0.2, -0.15) is 0 Å². The summed E-state index contributed by atoms with van der Waals surface area (Å²) in [5.41, 5.74) is 1.41. The van der Waals surface area contributed by atoms with Crippen LogP contribution < -0.4 is 4.74 Å². The zero-order valence-corrected chi connectivity index (χ0v) is 13.9. The Balaban J connectivity index is 1.61. The van der Waals surface area contributed by atoms with Crippen molar-refractivity contribution in [1.82, 2.24) is 19.9 Å². The van der Waals surface area contributed by atoms with Crippen LogP contribution in [0.2, 0.25) is 5.02 Å². The molecule has 3 heterocycles. The molecular formula is C16H17ClN4O3. The highest BCUT2D eigenvalue weighted by molar-refractivity contribution is 6.31. The summed E-state index contributed by atoms with van der Waals surface area (Å²) < 4.78 is 13.1. The summed E-state index contributed by atoms with van der Waals surface area (Å²) in [5.74, 6) is 0.424. The van der Waals surface area contributed by atoms with E-state index in [4.69, 9.17) is 21.1 Å². The van der Waals surface area contributed by atoms with Crippen molar-refractivity contribution >= 4 is 17.5 Å². The van der Waals surface area contributed by atoms with Crippen molar-refractivity contribution in [3.63, 3.8) is 0 Å². The molecule has 0 radical (unpaired) electrons. The van der Waals surface area contributed by atoms with Crippen LogP contribution in [-0.4, -0.2) is 52.1 Å². The second-order valence-corrected chi connectivity index (χ2v) is 6.41. The number of likely N-dealkylation sites (tertiary alicyclic amines) is 1. The maximum Gasteiger partial charge on any atom is 0.257 e. The molecule has 2 aromatic rings. The zero-order valence-electron chi connectivity index (χ0n) is 13.2. The average molecular weight is 349 g/mol. The molecule has 24 heavy (non-hydrogen) atoms.